The molecule has 0 aliphatic carbocycles. The van der Waals surface area contributed by atoms with Gasteiger partial charge in [0.2, 0.25) is 15.9 Å². The molecule has 1 aliphatic rings. The van der Waals surface area contributed by atoms with Gasteiger partial charge in [0.1, 0.15) is 0 Å². The Hall–Kier alpha value is -3.30. The van der Waals surface area contributed by atoms with Gasteiger partial charge in [-0.2, -0.15) is 4.31 Å². The van der Waals surface area contributed by atoms with Crippen molar-refractivity contribution in [3.63, 3.8) is 0 Å². The number of nitro benzene ring substituents is 1. The molecule has 1 N–H and O–H groups in total. The summed E-state index contributed by atoms with van der Waals surface area (Å²) in [4.78, 5) is 23.6. The van der Waals surface area contributed by atoms with Crippen LogP contribution in [0.25, 0.3) is 10.8 Å². The molecule has 1 fully saturated rings. The Morgan fingerprint density at radius 1 is 1.09 bits per heavy atom. The van der Waals surface area contributed by atoms with Crippen LogP contribution in [0.15, 0.2) is 65.6 Å². The molecular weight excluding hydrogens is 430 g/mol. The van der Waals surface area contributed by atoms with Crippen LogP contribution in [0.1, 0.15) is 18.4 Å². The number of hydrogen-bond donors (Lipinski definition) is 1. The average Bonchev–Trinajstić information content (AvgIpc) is 2.80. The summed E-state index contributed by atoms with van der Waals surface area (Å²) in [5.74, 6) is -0.885. The van der Waals surface area contributed by atoms with Gasteiger partial charge < -0.3 is 5.32 Å². The summed E-state index contributed by atoms with van der Waals surface area (Å²) in [5.41, 5.74) is 0.939. The maximum absolute atomic E-state index is 13.3. The Bertz CT molecular complexity index is 1310. The normalized spacial score (nSPS) is 17.2. The molecule has 166 valence electrons. The third-order valence-corrected chi connectivity index (χ3v) is 7.66. The van der Waals surface area contributed by atoms with Gasteiger partial charge in [-0.1, -0.05) is 36.4 Å². The number of benzene rings is 3. The molecule has 1 atom stereocenters. The standard InChI is InChI=1S/C23H23N3O5S/c1-16-8-10-20(26(28)29)14-22(16)24-23(27)19-7-4-12-25(15-19)32(30,31)21-11-9-17-5-2-3-6-18(17)13-21/h2-3,5-6,8-11,13-14,19H,4,7,12,15H2,1H3,(H,24,27)/t19-/m1/s1. The second kappa shape index (κ2) is 8.68. The third-order valence-electron chi connectivity index (χ3n) is 5.80. The van der Waals surface area contributed by atoms with E-state index in [2.05, 4.69) is 5.32 Å². The summed E-state index contributed by atoms with van der Waals surface area (Å²) in [6.45, 7) is 2.15. The smallest absolute Gasteiger partial charge is 0.271 e. The van der Waals surface area contributed by atoms with E-state index in [0.717, 1.165) is 10.8 Å². The molecule has 8 nitrogen and oxygen atoms in total. The van der Waals surface area contributed by atoms with Crippen molar-refractivity contribution in [2.45, 2.75) is 24.7 Å². The van der Waals surface area contributed by atoms with Gasteiger partial charge in [-0.3, -0.25) is 14.9 Å². The van der Waals surface area contributed by atoms with Crippen LogP contribution < -0.4 is 5.32 Å². The minimum atomic E-state index is -3.75. The van der Waals surface area contributed by atoms with Gasteiger partial charge in [-0.25, -0.2) is 8.42 Å². The summed E-state index contributed by atoms with van der Waals surface area (Å²) >= 11 is 0. The average molecular weight is 454 g/mol. The molecule has 32 heavy (non-hydrogen) atoms. The number of piperidine rings is 1. The molecule has 1 saturated heterocycles. The van der Waals surface area contributed by atoms with Crippen LogP contribution in [-0.2, 0) is 14.8 Å². The van der Waals surface area contributed by atoms with Crippen LogP contribution in [0.5, 0.6) is 0 Å². The first-order valence-electron chi connectivity index (χ1n) is 10.3. The number of hydrogen-bond acceptors (Lipinski definition) is 5. The van der Waals surface area contributed by atoms with Gasteiger partial charge in [-0.15, -0.1) is 0 Å². The highest BCUT2D eigenvalue weighted by Gasteiger charge is 2.33. The third kappa shape index (κ3) is 4.35. The Kier molecular flexibility index (Phi) is 5.94. The van der Waals surface area contributed by atoms with Gasteiger partial charge in [0.05, 0.1) is 21.4 Å². The summed E-state index contributed by atoms with van der Waals surface area (Å²) in [6.07, 6.45) is 1.10. The summed E-state index contributed by atoms with van der Waals surface area (Å²) in [5, 5.41) is 15.6. The van der Waals surface area contributed by atoms with Gasteiger partial charge in [-0.05, 0) is 48.2 Å². The number of aryl methyl sites for hydroxylation is 1. The predicted molar refractivity (Wildman–Crippen MR) is 122 cm³/mol. The van der Waals surface area contributed by atoms with E-state index in [9.17, 15) is 23.3 Å². The zero-order chi connectivity index (χ0) is 22.9. The number of anilines is 1. The highest BCUT2D eigenvalue weighted by atomic mass is 32.2. The quantitative estimate of drug-likeness (QED) is 0.462. The highest BCUT2D eigenvalue weighted by Crippen LogP contribution is 2.28. The van der Waals surface area contributed by atoms with Gasteiger partial charge in [0, 0.05) is 25.2 Å². The van der Waals surface area contributed by atoms with Crippen LogP contribution in [-0.4, -0.2) is 36.6 Å². The first-order chi connectivity index (χ1) is 15.3. The summed E-state index contributed by atoms with van der Waals surface area (Å²) < 4.78 is 27.9. The van der Waals surface area contributed by atoms with E-state index in [1.54, 1.807) is 31.2 Å². The SMILES string of the molecule is Cc1ccc([N+](=O)[O-])cc1NC(=O)[C@@H]1CCCN(S(=O)(=O)c2ccc3ccccc3c2)C1. The fraction of sp³-hybridized carbons (Fsp3) is 0.261. The number of non-ortho nitro benzene ring substituents is 1. The van der Waals surface area contributed by atoms with Gasteiger partial charge in [0.25, 0.3) is 5.69 Å². The van der Waals surface area contributed by atoms with Crippen LogP contribution in [0.2, 0.25) is 0 Å². The lowest BCUT2D eigenvalue weighted by molar-refractivity contribution is -0.384. The summed E-state index contributed by atoms with van der Waals surface area (Å²) in [7, 11) is -3.75. The zero-order valence-corrected chi connectivity index (χ0v) is 18.3. The monoisotopic (exact) mass is 453 g/mol. The fourth-order valence-electron chi connectivity index (χ4n) is 3.94. The van der Waals surface area contributed by atoms with Crippen molar-refractivity contribution in [1.82, 2.24) is 4.31 Å². The van der Waals surface area contributed by atoms with Crippen molar-refractivity contribution < 1.29 is 18.1 Å². The number of nitrogens with one attached hydrogen (secondary N) is 1. The van der Waals surface area contributed by atoms with Crippen molar-refractivity contribution in [3.8, 4) is 0 Å². The Balaban J connectivity index is 1.53. The molecule has 1 aliphatic heterocycles. The van der Waals surface area contributed by atoms with Gasteiger partial charge >= 0.3 is 0 Å². The Morgan fingerprint density at radius 3 is 2.59 bits per heavy atom. The lowest BCUT2D eigenvalue weighted by atomic mass is 9.98. The topological polar surface area (TPSA) is 110 Å². The lowest BCUT2D eigenvalue weighted by Gasteiger charge is -2.31. The van der Waals surface area contributed by atoms with E-state index in [4.69, 9.17) is 0 Å². The van der Waals surface area contributed by atoms with Gasteiger partial charge in [0.15, 0.2) is 0 Å². The molecule has 0 radical (unpaired) electrons. The van der Waals surface area contributed by atoms with Crippen LogP contribution in [0.4, 0.5) is 11.4 Å². The minimum Gasteiger partial charge on any atom is -0.325 e. The number of carbonyl (C=O) groups is 1. The van der Waals surface area contributed by atoms with Crippen molar-refractivity contribution in [2.75, 3.05) is 18.4 Å². The van der Waals surface area contributed by atoms with E-state index >= 15 is 0 Å². The second-order valence-corrected chi connectivity index (χ2v) is 9.89. The van der Waals surface area contributed by atoms with E-state index in [1.807, 2.05) is 24.3 Å². The molecule has 1 heterocycles. The lowest BCUT2D eigenvalue weighted by Crippen LogP contribution is -2.43. The minimum absolute atomic E-state index is 0.0645. The maximum atomic E-state index is 13.3. The van der Waals surface area contributed by atoms with E-state index in [1.165, 1.54) is 16.4 Å². The zero-order valence-electron chi connectivity index (χ0n) is 17.5. The van der Waals surface area contributed by atoms with Crippen molar-refractivity contribution in [1.29, 1.82) is 0 Å². The van der Waals surface area contributed by atoms with Crippen molar-refractivity contribution in [3.05, 3.63) is 76.3 Å². The second-order valence-electron chi connectivity index (χ2n) is 7.96. The number of amides is 1. The van der Waals surface area contributed by atoms with E-state index in [-0.39, 0.29) is 23.0 Å². The molecule has 4 rings (SSSR count). The van der Waals surface area contributed by atoms with Crippen molar-refractivity contribution >= 4 is 38.1 Å². The first-order valence-corrected chi connectivity index (χ1v) is 11.7. The first kappa shape index (κ1) is 21.9. The molecule has 0 saturated carbocycles. The molecular formula is C23H23N3O5S. The number of sulfonamides is 1. The number of rotatable bonds is 5. The van der Waals surface area contributed by atoms with Crippen LogP contribution in [0, 0.1) is 23.0 Å². The highest BCUT2D eigenvalue weighted by molar-refractivity contribution is 7.89. The molecule has 0 unspecified atom stereocenters. The van der Waals surface area contributed by atoms with Crippen molar-refractivity contribution in [2.24, 2.45) is 5.92 Å². The van der Waals surface area contributed by atoms with E-state index < -0.39 is 20.9 Å². The fourth-order valence-corrected chi connectivity index (χ4v) is 5.50. The number of nitro groups is 1. The van der Waals surface area contributed by atoms with Crippen LogP contribution in [0.3, 0.4) is 0 Å². The predicted octanol–water partition coefficient (Wildman–Crippen LogP) is 4.10. The Morgan fingerprint density at radius 2 is 1.84 bits per heavy atom. The van der Waals surface area contributed by atoms with E-state index in [0.29, 0.717) is 30.6 Å². The number of carbonyl (C=O) groups excluding carboxylic acids is 1. The Labute approximate surface area is 186 Å². The summed E-state index contributed by atoms with van der Waals surface area (Å²) in [6, 6.07) is 16.8. The molecule has 9 heteroatoms. The molecule has 0 bridgehead atoms. The number of fused-ring (bicyclic) bond motifs is 1. The maximum Gasteiger partial charge on any atom is 0.271 e. The molecule has 3 aromatic carbocycles. The number of nitrogens with zero attached hydrogens (tertiary/aromatic N) is 2. The molecule has 1 amide bonds. The largest absolute Gasteiger partial charge is 0.325 e. The molecule has 0 aromatic heterocycles. The van der Waals surface area contributed by atoms with Crippen LogP contribution >= 0.6 is 0 Å². The molecule has 3 aromatic rings. The molecule has 0 spiro atoms.